The van der Waals surface area contributed by atoms with E-state index in [2.05, 4.69) is 5.16 Å². The molecule has 0 heterocycles. The summed E-state index contributed by atoms with van der Waals surface area (Å²) in [5.74, 6) is -0.363. The van der Waals surface area contributed by atoms with Crippen molar-refractivity contribution in [3.63, 3.8) is 0 Å². The molecule has 1 N–H and O–H groups in total. The molecule has 3 rings (SSSR count). The zero-order valence-corrected chi connectivity index (χ0v) is 11.0. The van der Waals surface area contributed by atoms with Crippen LogP contribution in [0.5, 0.6) is 0 Å². The SMILES string of the molecule is CCOC(=O)c1cccc2c1-c1ccccc1/C2=N\O. The molecule has 1 aliphatic rings. The number of nitrogens with zero attached hydrogens (tertiary/aromatic N) is 1. The summed E-state index contributed by atoms with van der Waals surface area (Å²) in [7, 11) is 0. The number of hydrogen-bond donors (Lipinski definition) is 1. The lowest BCUT2D eigenvalue weighted by Crippen LogP contribution is -2.07. The molecule has 2 aromatic rings. The Balaban J connectivity index is 2.28. The highest BCUT2D eigenvalue weighted by Crippen LogP contribution is 2.39. The van der Waals surface area contributed by atoms with Crippen LogP contribution >= 0.6 is 0 Å². The van der Waals surface area contributed by atoms with Crippen LogP contribution in [-0.4, -0.2) is 23.5 Å². The van der Waals surface area contributed by atoms with Gasteiger partial charge in [-0.2, -0.15) is 0 Å². The number of benzene rings is 2. The second-order valence-electron chi connectivity index (χ2n) is 4.44. The van der Waals surface area contributed by atoms with Crippen molar-refractivity contribution < 1.29 is 14.7 Å². The molecule has 0 saturated heterocycles. The highest BCUT2D eigenvalue weighted by Gasteiger charge is 2.29. The molecule has 0 radical (unpaired) electrons. The maximum Gasteiger partial charge on any atom is 0.338 e. The Morgan fingerprint density at radius 2 is 1.80 bits per heavy atom. The summed E-state index contributed by atoms with van der Waals surface area (Å²) >= 11 is 0. The number of carbonyl (C=O) groups is 1. The molecular formula is C16H13NO3. The third kappa shape index (κ3) is 1.69. The van der Waals surface area contributed by atoms with Crippen LogP contribution < -0.4 is 0 Å². The first-order chi connectivity index (χ1) is 9.77. The minimum absolute atomic E-state index is 0.324. The summed E-state index contributed by atoms with van der Waals surface area (Å²) in [6.07, 6.45) is 0. The van der Waals surface area contributed by atoms with Gasteiger partial charge in [0.05, 0.1) is 12.2 Å². The fourth-order valence-corrected chi connectivity index (χ4v) is 2.58. The average molecular weight is 267 g/mol. The van der Waals surface area contributed by atoms with Gasteiger partial charge in [-0.3, -0.25) is 0 Å². The molecule has 0 saturated carbocycles. The van der Waals surface area contributed by atoms with Crippen molar-refractivity contribution in [3.8, 4) is 11.1 Å². The standard InChI is InChI=1S/C16H13NO3/c1-2-20-16(18)13-9-5-8-12-14(13)10-6-3-4-7-11(10)15(12)17-19/h3-9,19H,2H2,1H3/b17-15+. The molecule has 0 amide bonds. The predicted octanol–water partition coefficient (Wildman–Crippen LogP) is 3.07. The smallest absolute Gasteiger partial charge is 0.338 e. The fourth-order valence-electron chi connectivity index (χ4n) is 2.58. The molecule has 0 unspecified atom stereocenters. The van der Waals surface area contributed by atoms with E-state index in [1.807, 2.05) is 30.3 Å². The van der Waals surface area contributed by atoms with E-state index in [4.69, 9.17) is 4.74 Å². The van der Waals surface area contributed by atoms with Crippen molar-refractivity contribution in [1.82, 2.24) is 0 Å². The number of carbonyl (C=O) groups excluding carboxylic acids is 1. The molecule has 0 fully saturated rings. The van der Waals surface area contributed by atoms with Crippen molar-refractivity contribution in [1.29, 1.82) is 0 Å². The molecule has 4 nitrogen and oxygen atoms in total. The predicted molar refractivity (Wildman–Crippen MR) is 75.3 cm³/mol. The van der Waals surface area contributed by atoms with Crippen molar-refractivity contribution in [3.05, 3.63) is 59.2 Å². The molecule has 0 aromatic heterocycles. The second kappa shape index (κ2) is 4.81. The number of ether oxygens (including phenoxy) is 1. The van der Waals surface area contributed by atoms with Crippen molar-refractivity contribution in [2.75, 3.05) is 6.61 Å². The Hall–Kier alpha value is -2.62. The third-order valence-corrected chi connectivity index (χ3v) is 3.37. The van der Waals surface area contributed by atoms with Crippen molar-refractivity contribution in [2.45, 2.75) is 6.92 Å². The monoisotopic (exact) mass is 267 g/mol. The Morgan fingerprint density at radius 1 is 1.10 bits per heavy atom. The van der Waals surface area contributed by atoms with Crippen LogP contribution in [0.25, 0.3) is 11.1 Å². The summed E-state index contributed by atoms with van der Waals surface area (Å²) in [5.41, 5.74) is 4.21. The Kier molecular flexibility index (Phi) is 2.99. The van der Waals surface area contributed by atoms with Crippen LogP contribution in [-0.2, 0) is 4.74 Å². The number of esters is 1. The van der Waals surface area contributed by atoms with E-state index in [1.54, 1.807) is 19.1 Å². The zero-order valence-electron chi connectivity index (χ0n) is 11.0. The molecule has 4 heteroatoms. The quantitative estimate of drug-likeness (QED) is 0.441. The number of rotatable bonds is 2. The highest BCUT2D eigenvalue weighted by molar-refractivity contribution is 6.26. The number of fused-ring (bicyclic) bond motifs is 3. The van der Waals surface area contributed by atoms with Gasteiger partial charge < -0.3 is 9.94 Å². The van der Waals surface area contributed by atoms with E-state index in [0.29, 0.717) is 17.9 Å². The van der Waals surface area contributed by atoms with E-state index < -0.39 is 0 Å². The van der Waals surface area contributed by atoms with Gasteiger partial charge in [0.25, 0.3) is 0 Å². The molecule has 2 aromatic carbocycles. The molecule has 0 atom stereocenters. The van der Waals surface area contributed by atoms with Gasteiger partial charge in [0.2, 0.25) is 0 Å². The van der Waals surface area contributed by atoms with Crippen molar-refractivity contribution in [2.24, 2.45) is 5.16 Å². The van der Waals surface area contributed by atoms with E-state index in [1.165, 1.54) is 0 Å². The van der Waals surface area contributed by atoms with E-state index in [-0.39, 0.29) is 5.97 Å². The average Bonchev–Trinajstić information content (AvgIpc) is 2.81. The van der Waals surface area contributed by atoms with Gasteiger partial charge in [0.15, 0.2) is 0 Å². The van der Waals surface area contributed by atoms with Crippen LogP contribution in [0.1, 0.15) is 28.4 Å². The summed E-state index contributed by atoms with van der Waals surface area (Å²) in [6.45, 7) is 2.10. The summed E-state index contributed by atoms with van der Waals surface area (Å²) < 4.78 is 5.10. The van der Waals surface area contributed by atoms with Gasteiger partial charge in [-0.05, 0) is 18.6 Å². The van der Waals surface area contributed by atoms with Crippen molar-refractivity contribution >= 4 is 11.7 Å². The largest absolute Gasteiger partial charge is 0.462 e. The fraction of sp³-hybridized carbons (Fsp3) is 0.125. The van der Waals surface area contributed by atoms with Gasteiger partial charge >= 0.3 is 5.97 Å². The second-order valence-corrected chi connectivity index (χ2v) is 4.44. The number of hydrogen-bond acceptors (Lipinski definition) is 4. The number of oxime groups is 1. The van der Waals surface area contributed by atoms with Crippen LogP contribution in [0, 0.1) is 0 Å². The topological polar surface area (TPSA) is 58.9 Å². The first kappa shape index (κ1) is 12.4. The first-order valence-corrected chi connectivity index (χ1v) is 6.40. The minimum Gasteiger partial charge on any atom is -0.462 e. The van der Waals surface area contributed by atoms with Crippen LogP contribution in [0.4, 0.5) is 0 Å². The summed E-state index contributed by atoms with van der Waals surface area (Å²) in [4.78, 5) is 12.1. The van der Waals surface area contributed by atoms with Gasteiger partial charge in [0.1, 0.15) is 5.71 Å². The first-order valence-electron chi connectivity index (χ1n) is 6.40. The maximum atomic E-state index is 12.1. The van der Waals surface area contributed by atoms with E-state index >= 15 is 0 Å². The normalized spacial score (nSPS) is 13.9. The lowest BCUT2D eigenvalue weighted by Gasteiger charge is -2.08. The Labute approximate surface area is 116 Å². The highest BCUT2D eigenvalue weighted by atomic mass is 16.5. The minimum atomic E-state index is -0.363. The molecule has 100 valence electrons. The van der Waals surface area contributed by atoms with Crippen LogP contribution in [0.3, 0.4) is 0 Å². The lowest BCUT2D eigenvalue weighted by atomic mass is 9.99. The molecule has 20 heavy (non-hydrogen) atoms. The molecule has 0 spiro atoms. The summed E-state index contributed by atoms with van der Waals surface area (Å²) in [5, 5.41) is 12.6. The summed E-state index contributed by atoms with van der Waals surface area (Å²) in [6, 6.07) is 12.9. The Bertz CT molecular complexity index is 719. The van der Waals surface area contributed by atoms with Gasteiger partial charge in [-0.1, -0.05) is 41.6 Å². The van der Waals surface area contributed by atoms with Gasteiger partial charge in [0, 0.05) is 16.7 Å². The van der Waals surface area contributed by atoms with Gasteiger partial charge in [-0.15, -0.1) is 0 Å². The molecule has 1 aliphatic carbocycles. The van der Waals surface area contributed by atoms with Crippen LogP contribution in [0.2, 0.25) is 0 Å². The molecular weight excluding hydrogens is 254 g/mol. The maximum absolute atomic E-state index is 12.1. The lowest BCUT2D eigenvalue weighted by molar-refractivity contribution is 0.0527. The third-order valence-electron chi connectivity index (χ3n) is 3.37. The Morgan fingerprint density at radius 3 is 2.50 bits per heavy atom. The molecule has 0 aliphatic heterocycles. The van der Waals surface area contributed by atoms with E-state index in [9.17, 15) is 10.0 Å². The van der Waals surface area contributed by atoms with Crippen LogP contribution in [0.15, 0.2) is 47.6 Å². The van der Waals surface area contributed by atoms with Gasteiger partial charge in [-0.25, -0.2) is 4.79 Å². The van der Waals surface area contributed by atoms with E-state index in [0.717, 1.165) is 22.3 Å². The molecule has 0 bridgehead atoms. The zero-order chi connectivity index (χ0) is 14.1.